The second kappa shape index (κ2) is 7.56. The molecule has 0 bridgehead atoms. The van der Waals surface area contributed by atoms with Crippen molar-refractivity contribution in [2.24, 2.45) is 5.16 Å². The molecule has 0 aromatic carbocycles. The number of nitrogens with one attached hydrogen (secondary N) is 2. The predicted octanol–water partition coefficient (Wildman–Crippen LogP) is 3.36. The first-order valence-electron chi connectivity index (χ1n) is 11.2. The van der Waals surface area contributed by atoms with E-state index in [0.717, 1.165) is 53.8 Å². The van der Waals surface area contributed by atoms with Gasteiger partial charge >= 0.3 is 0 Å². The Balaban J connectivity index is 1.42. The fraction of sp³-hybridized carbons (Fsp3) is 0.636. The lowest BCUT2D eigenvalue weighted by molar-refractivity contribution is -0.126. The minimum Gasteiger partial charge on any atom is -0.388 e. The summed E-state index contributed by atoms with van der Waals surface area (Å²) < 4.78 is 1.93. The highest BCUT2D eigenvalue weighted by molar-refractivity contribution is 6.10. The molecule has 2 aromatic heterocycles. The first-order chi connectivity index (χ1) is 14.6. The normalized spacial score (nSPS) is 26.3. The third-order valence-electron chi connectivity index (χ3n) is 6.71. The summed E-state index contributed by atoms with van der Waals surface area (Å²) in [6, 6.07) is 0.651. The van der Waals surface area contributed by atoms with Gasteiger partial charge in [-0.3, -0.25) is 4.79 Å². The Hall–Kier alpha value is -2.64. The van der Waals surface area contributed by atoms with Gasteiger partial charge in [0, 0.05) is 56.6 Å². The van der Waals surface area contributed by atoms with Crippen molar-refractivity contribution in [3.8, 4) is 0 Å². The number of carbonyl (C=O) groups excluding carboxylic acids is 1. The van der Waals surface area contributed by atoms with E-state index in [-0.39, 0.29) is 17.6 Å². The van der Waals surface area contributed by atoms with Gasteiger partial charge in [0.2, 0.25) is 5.91 Å². The summed E-state index contributed by atoms with van der Waals surface area (Å²) in [5.41, 5.74) is 3.66. The number of carbonyl (C=O) groups is 1. The van der Waals surface area contributed by atoms with Crippen molar-refractivity contribution in [3.63, 3.8) is 0 Å². The number of anilines is 1. The highest BCUT2D eigenvalue weighted by atomic mass is 16.7. The van der Waals surface area contributed by atoms with E-state index in [9.17, 15) is 4.79 Å². The lowest BCUT2D eigenvalue weighted by atomic mass is 9.72. The molecule has 3 aliphatic rings. The standard InChI is InChI=1S/C22H30N6O2/c1-3-28-21-18(13-24-28)20(26-15-7-5-4-6-8-15)17(12-23-21)19-11-22(30-27-19)9-16(10-22)25-14(2)29/h12-13,15-16H,3-11H2,1-2H3,(H,23,26)(H,25,29). The molecule has 0 saturated heterocycles. The second-order valence-electron chi connectivity index (χ2n) is 9.02. The number of pyridine rings is 1. The molecule has 2 fully saturated rings. The summed E-state index contributed by atoms with van der Waals surface area (Å²) in [7, 11) is 0. The summed E-state index contributed by atoms with van der Waals surface area (Å²) in [5.74, 6) is 0.00976. The van der Waals surface area contributed by atoms with E-state index in [0.29, 0.717) is 6.04 Å². The molecule has 8 nitrogen and oxygen atoms in total. The SMILES string of the molecule is CCn1ncc2c(NC3CCCCC3)c(C3=NOC4(C3)CC(NC(C)=O)C4)cnc21. The Kier molecular flexibility index (Phi) is 4.87. The Bertz CT molecular complexity index is 985. The zero-order valence-corrected chi connectivity index (χ0v) is 17.8. The molecule has 1 spiro atoms. The molecular formula is C22H30N6O2. The van der Waals surface area contributed by atoms with Gasteiger partial charge in [0.05, 0.1) is 23.0 Å². The Morgan fingerprint density at radius 1 is 1.23 bits per heavy atom. The van der Waals surface area contributed by atoms with E-state index in [2.05, 4.69) is 27.8 Å². The van der Waals surface area contributed by atoms with E-state index in [1.54, 1.807) is 6.92 Å². The first kappa shape index (κ1) is 19.3. The second-order valence-corrected chi connectivity index (χ2v) is 9.02. The molecule has 1 aliphatic heterocycles. The van der Waals surface area contributed by atoms with E-state index in [1.807, 2.05) is 17.1 Å². The van der Waals surface area contributed by atoms with Crippen LogP contribution in [0.15, 0.2) is 17.5 Å². The fourth-order valence-electron chi connectivity index (χ4n) is 5.20. The van der Waals surface area contributed by atoms with E-state index < -0.39 is 0 Å². The van der Waals surface area contributed by atoms with Crippen LogP contribution < -0.4 is 10.6 Å². The summed E-state index contributed by atoms with van der Waals surface area (Å²) in [6.07, 6.45) is 12.4. The van der Waals surface area contributed by atoms with Gasteiger partial charge in [0.1, 0.15) is 5.60 Å². The first-order valence-corrected chi connectivity index (χ1v) is 11.2. The molecule has 0 atom stereocenters. The lowest BCUT2D eigenvalue weighted by Crippen LogP contribution is -2.54. The molecule has 2 saturated carbocycles. The summed E-state index contributed by atoms with van der Waals surface area (Å²) in [4.78, 5) is 21.9. The third kappa shape index (κ3) is 3.42. The number of aromatic nitrogens is 3. The van der Waals surface area contributed by atoms with Crippen LogP contribution in [0.25, 0.3) is 11.0 Å². The van der Waals surface area contributed by atoms with Crippen LogP contribution in [0.3, 0.4) is 0 Å². The highest BCUT2D eigenvalue weighted by Gasteiger charge is 2.51. The number of amides is 1. The number of hydrogen-bond acceptors (Lipinski definition) is 6. The Morgan fingerprint density at radius 2 is 2.03 bits per heavy atom. The predicted molar refractivity (Wildman–Crippen MR) is 116 cm³/mol. The van der Waals surface area contributed by atoms with Gasteiger partial charge in [-0.25, -0.2) is 9.67 Å². The van der Waals surface area contributed by atoms with Crippen LogP contribution in [0.1, 0.15) is 70.8 Å². The van der Waals surface area contributed by atoms with Gasteiger partial charge in [-0.15, -0.1) is 0 Å². The monoisotopic (exact) mass is 410 g/mol. The number of oxime groups is 1. The average molecular weight is 411 g/mol. The maximum atomic E-state index is 11.3. The maximum Gasteiger partial charge on any atom is 0.217 e. The van der Waals surface area contributed by atoms with Crippen LogP contribution in [0.2, 0.25) is 0 Å². The number of rotatable bonds is 5. The van der Waals surface area contributed by atoms with Crippen LogP contribution in [0, 0.1) is 0 Å². The van der Waals surface area contributed by atoms with Crippen LogP contribution in [-0.2, 0) is 16.2 Å². The molecule has 2 N–H and O–H groups in total. The molecule has 2 aromatic rings. The summed E-state index contributed by atoms with van der Waals surface area (Å²) in [5, 5.41) is 16.9. The number of aryl methyl sites for hydroxylation is 1. The minimum absolute atomic E-state index is 0.00976. The molecule has 160 valence electrons. The molecule has 1 amide bonds. The van der Waals surface area contributed by atoms with Crippen molar-refractivity contribution in [1.29, 1.82) is 0 Å². The zero-order chi connectivity index (χ0) is 20.7. The molecule has 30 heavy (non-hydrogen) atoms. The topological polar surface area (TPSA) is 93.4 Å². The summed E-state index contributed by atoms with van der Waals surface area (Å²) >= 11 is 0. The third-order valence-corrected chi connectivity index (χ3v) is 6.71. The Labute approximate surface area is 176 Å². The van der Waals surface area contributed by atoms with Gasteiger partial charge in [-0.1, -0.05) is 24.4 Å². The quantitative estimate of drug-likeness (QED) is 0.788. The molecule has 2 aliphatic carbocycles. The van der Waals surface area contributed by atoms with Gasteiger partial charge < -0.3 is 15.5 Å². The van der Waals surface area contributed by atoms with Crippen molar-refractivity contribution < 1.29 is 9.63 Å². The van der Waals surface area contributed by atoms with Crippen molar-refractivity contribution in [2.45, 2.75) is 89.4 Å². The van der Waals surface area contributed by atoms with Crippen LogP contribution in [-0.4, -0.2) is 44.1 Å². The van der Waals surface area contributed by atoms with Crippen molar-refractivity contribution >= 4 is 28.3 Å². The van der Waals surface area contributed by atoms with E-state index in [1.165, 1.54) is 32.1 Å². The van der Waals surface area contributed by atoms with Crippen LogP contribution in [0.4, 0.5) is 5.69 Å². The molecule has 0 radical (unpaired) electrons. The minimum atomic E-state index is -0.285. The highest BCUT2D eigenvalue weighted by Crippen LogP contribution is 2.44. The molecule has 5 rings (SSSR count). The van der Waals surface area contributed by atoms with Gasteiger partial charge in [-0.2, -0.15) is 5.10 Å². The van der Waals surface area contributed by atoms with Crippen molar-refractivity contribution in [2.75, 3.05) is 5.32 Å². The fourth-order valence-corrected chi connectivity index (χ4v) is 5.20. The smallest absolute Gasteiger partial charge is 0.217 e. The number of nitrogens with zero attached hydrogens (tertiary/aromatic N) is 4. The average Bonchev–Trinajstić information content (AvgIpc) is 3.33. The van der Waals surface area contributed by atoms with Gasteiger partial charge in [0.15, 0.2) is 5.65 Å². The zero-order valence-electron chi connectivity index (χ0n) is 17.8. The Morgan fingerprint density at radius 3 is 2.77 bits per heavy atom. The van der Waals surface area contributed by atoms with Gasteiger partial charge in [0.25, 0.3) is 0 Å². The lowest BCUT2D eigenvalue weighted by Gasteiger charge is -2.42. The van der Waals surface area contributed by atoms with Crippen molar-refractivity contribution in [1.82, 2.24) is 20.1 Å². The van der Waals surface area contributed by atoms with Crippen LogP contribution in [0.5, 0.6) is 0 Å². The van der Waals surface area contributed by atoms with E-state index in [4.69, 9.17) is 9.82 Å². The molecule has 8 heteroatoms. The number of hydrogen-bond donors (Lipinski definition) is 2. The maximum absolute atomic E-state index is 11.3. The van der Waals surface area contributed by atoms with Crippen LogP contribution >= 0.6 is 0 Å². The van der Waals surface area contributed by atoms with Crippen molar-refractivity contribution in [3.05, 3.63) is 18.0 Å². The number of fused-ring (bicyclic) bond motifs is 1. The molecule has 3 heterocycles. The summed E-state index contributed by atoms with van der Waals surface area (Å²) in [6.45, 7) is 4.43. The molecule has 0 unspecified atom stereocenters. The van der Waals surface area contributed by atoms with E-state index >= 15 is 0 Å². The largest absolute Gasteiger partial charge is 0.388 e. The van der Waals surface area contributed by atoms with Gasteiger partial charge in [-0.05, 0) is 19.8 Å². The molecular weight excluding hydrogens is 380 g/mol.